The van der Waals surface area contributed by atoms with Gasteiger partial charge in [-0.15, -0.1) is 0 Å². The Morgan fingerprint density at radius 1 is 1.08 bits per heavy atom. The van der Waals surface area contributed by atoms with Gasteiger partial charge in [-0.2, -0.15) is 0 Å². The van der Waals surface area contributed by atoms with Crippen LogP contribution in [-0.4, -0.2) is 63.8 Å². The van der Waals surface area contributed by atoms with Crippen molar-refractivity contribution in [1.29, 1.82) is 0 Å². The molecule has 0 aliphatic heterocycles. The molecule has 0 radical (unpaired) electrons. The summed E-state index contributed by atoms with van der Waals surface area (Å²) in [7, 11) is 6.10. The molecule has 0 bridgehead atoms. The summed E-state index contributed by atoms with van der Waals surface area (Å²) < 4.78 is 11.3. The van der Waals surface area contributed by atoms with Crippen LogP contribution in [0.25, 0.3) is 0 Å². The van der Waals surface area contributed by atoms with Gasteiger partial charge in [-0.1, -0.05) is 6.92 Å². The smallest absolute Gasteiger partial charge is 0.307 e. The summed E-state index contributed by atoms with van der Waals surface area (Å²) in [6.07, 6.45) is 1.10. The van der Waals surface area contributed by atoms with E-state index in [4.69, 9.17) is 9.47 Å². The van der Waals surface area contributed by atoms with Crippen molar-refractivity contribution < 1.29 is 23.5 Å². The van der Waals surface area contributed by atoms with Gasteiger partial charge in [0, 0.05) is 12.1 Å². The molecular weight excluding hydrogens is 308 g/mol. The van der Waals surface area contributed by atoms with Gasteiger partial charge in [-0.05, 0) is 30.7 Å². The summed E-state index contributed by atoms with van der Waals surface area (Å²) in [6.45, 7) is 4.09. The molecule has 0 saturated carbocycles. The van der Waals surface area contributed by atoms with Crippen molar-refractivity contribution in [2.24, 2.45) is 0 Å². The van der Waals surface area contributed by atoms with E-state index in [9.17, 15) is 9.59 Å². The highest BCUT2D eigenvalue weighted by Crippen LogP contribution is 2.12. The molecular formula is C18H29N2O4+. The Bertz CT molecular complexity index is 521. The van der Waals surface area contributed by atoms with Gasteiger partial charge in [0.2, 0.25) is 0 Å². The van der Waals surface area contributed by atoms with E-state index in [-0.39, 0.29) is 24.8 Å². The Kier molecular flexibility index (Phi) is 8.26. The number of rotatable bonds is 10. The molecule has 1 aromatic rings. The average Bonchev–Trinajstić information content (AvgIpc) is 2.52. The zero-order chi connectivity index (χ0) is 18.0. The average molecular weight is 337 g/mol. The number of likely N-dealkylation sites (N-methyl/N-ethyl adjacent to an activating group) is 1. The maximum Gasteiger partial charge on any atom is 0.307 e. The molecule has 24 heavy (non-hydrogen) atoms. The molecule has 134 valence electrons. The van der Waals surface area contributed by atoms with Gasteiger partial charge in [0.1, 0.15) is 18.9 Å². The van der Waals surface area contributed by atoms with Gasteiger partial charge >= 0.3 is 5.97 Å². The van der Waals surface area contributed by atoms with Crippen LogP contribution in [0.1, 0.15) is 30.1 Å². The number of quaternary nitrogens is 1. The minimum Gasteiger partial charge on any atom is -0.494 e. The molecule has 0 fully saturated rings. The van der Waals surface area contributed by atoms with Crippen LogP contribution in [0.2, 0.25) is 0 Å². The summed E-state index contributed by atoms with van der Waals surface area (Å²) in [5, 5.41) is 2.71. The molecule has 6 nitrogen and oxygen atoms in total. The molecule has 0 aromatic heterocycles. The predicted octanol–water partition coefficient (Wildman–Crippen LogP) is 1.84. The lowest BCUT2D eigenvalue weighted by Crippen LogP contribution is -2.38. The lowest BCUT2D eigenvalue weighted by molar-refractivity contribution is -0.870. The first-order chi connectivity index (χ1) is 11.3. The minimum atomic E-state index is -0.299. The fourth-order valence-corrected chi connectivity index (χ4v) is 1.81. The molecule has 0 aliphatic rings. The number of hydrogen-bond acceptors (Lipinski definition) is 4. The van der Waals surface area contributed by atoms with E-state index >= 15 is 0 Å². The van der Waals surface area contributed by atoms with E-state index in [0.29, 0.717) is 18.8 Å². The van der Waals surface area contributed by atoms with Crippen LogP contribution in [0.15, 0.2) is 24.3 Å². The van der Waals surface area contributed by atoms with Crippen molar-refractivity contribution in [2.75, 3.05) is 47.4 Å². The van der Waals surface area contributed by atoms with E-state index in [1.54, 1.807) is 24.3 Å². The third-order valence-corrected chi connectivity index (χ3v) is 3.23. The second-order valence-electron chi connectivity index (χ2n) is 6.61. The van der Waals surface area contributed by atoms with Crippen molar-refractivity contribution >= 4 is 11.9 Å². The second kappa shape index (κ2) is 9.93. The monoisotopic (exact) mass is 337 g/mol. The van der Waals surface area contributed by atoms with Gasteiger partial charge in [-0.3, -0.25) is 9.59 Å². The molecule has 1 N–H and O–H groups in total. The number of amides is 1. The van der Waals surface area contributed by atoms with E-state index < -0.39 is 0 Å². The summed E-state index contributed by atoms with van der Waals surface area (Å²) >= 11 is 0. The lowest BCUT2D eigenvalue weighted by Gasteiger charge is -2.23. The van der Waals surface area contributed by atoms with E-state index in [1.807, 2.05) is 28.1 Å². The molecule has 0 atom stereocenters. The molecule has 0 heterocycles. The molecule has 0 saturated heterocycles. The normalized spacial score (nSPS) is 11.0. The third-order valence-electron chi connectivity index (χ3n) is 3.23. The SMILES string of the molecule is CCCOc1ccc(C(=O)NCCC(=O)OCC[N+](C)(C)C)cc1. The predicted molar refractivity (Wildman–Crippen MR) is 93.0 cm³/mol. The number of esters is 1. The molecule has 0 aliphatic carbocycles. The van der Waals surface area contributed by atoms with E-state index in [2.05, 4.69) is 5.32 Å². The molecule has 0 unspecified atom stereocenters. The molecule has 1 aromatic carbocycles. The van der Waals surface area contributed by atoms with Gasteiger partial charge in [0.05, 0.1) is 34.2 Å². The zero-order valence-corrected chi connectivity index (χ0v) is 15.1. The third kappa shape index (κ3) is 8.53. The van der Waals surface area contributed by atoms with Gasteiger partial charge in [0.15, 0.2) is 0 Å². The number of benzene rings is 1. The summed E-state index contributed by atoms with van der Waals surface area (Å²) in [4.78, 5) is 23.6. The number of nitrogens with one attached hydrogen (secondary N) is 1. The van der Waals surface area contributed by atoms with Crippen LogP contribution in [-0.2, 0) is 9.53 Å². The highest BCUT2D eigenvalue weighted by molar-refractivity contribution is 5.94. The number of hydrogen-bond donors (Lipinski definition) is 1. The summed E-state index contributed by atoms with van der Waals surface area (Å²) in [5.74, 6) is 0.234. The van der Waals surface area contributed by atoms with E-state index in [0.717, 1.165) is 23.2 Å². The maximum absolute atomic E-state index is 12.0. The molecule has 1 amide bonds. The zero-order valence-electron chi connectivity index (χ0n) is 15.1. The fraction of sp³-hybridized carbons (Fsp3) is 0.556. The highest BCUT2D eigenvalue weighted by Gasteiger charge is 2.10. The van der Waals surface area contributed by atoms with Gasteiger partial charge in [0.25, 0.3) is 5.91 Å². The van der Waals surface area contributed by atoms with Gasteiger partial charge in [-0.25, -0.2) is 0 Å². The molecule has 0 spiro atoms. The van der Waals surface area contributed by atoms with Crippen LogP contribution >= 0.6 is 0 Å². The Labute approximate surface area is 144 Å². The first-order valence-electron chi connectivity index (χ1n) is 8.29. The quantitative estimate of drug-likeness (QED) is 0.523. The van der Waals surface area contributed by atoms with E-state index in [1.165, 1.54) is 0 Å². The highest BCUT2D eigenvalue weighted by atomic mass is 16.5. The lowest BCUT2D eigenvalue weighted by atomic mass is 10.2. The Balaban J connectivity index is 2.27. The molecule has 6 heteroatoms. The van der Waals surface area contributed by atoms with Crippen molar-refractivity contribution in [2.45, 2.75) is 19.8 Å². The summed E-state index contributed by atoms with van der Waals surface area (Å²) in [6, 6.07) is 6.95. The largest absolute Gasteiger partial charge is 0.494 e. The maximum atomic E-state index is 12.0. The topological polar surface area (TPSA) is 64.6 Å². The van der Waals surface area contributed by atoms with Crippen LogP contribution in [0.3, 0.4) is 0 Å². The van der Waals surface area contributed by atoms with Crippen LogP contribution < -0.4 is 10.1 Å². The van der Waals surface area contributed by atoms with Crippen molar-refractivity contribution in [1.82, 2.24) is 5.32 Å². The number of ether oxygens (including phenoxy) is 2. The minimum absolute atomic E-state index is 0.167. The number of nitrogens with zero attached hydrogens (tertiary/aromatic N) is 1. The van der Waals surface area contributed by atoms with Crippen molar-refractivity contribution in [3.63, 3.8) is 0 Å². The summed E-state index contributed by atoms with van der Waals surface area (Å²) in [5.41, 5.74) is 0.539. The van der Waals surface area contributed by atoms with Crippen LogP contribution in [0.4, 0.5) is 0 Å². The van der Waals surface area contributed by atoms with Crippen molar-refractivity contribution in [3.8, 4) is 5.75 Å². The standard InChI is InChI=1S/C18H28N2O4/c1-5-13-23-16-8-6-15(7-9-16)18(22)19-11-10-17(21)24-14-12-20(2,3)4/h6-9H,5,10-14H2,1-4H3/p+1. The fourth-order valence-electron chi connectivity index (χ4n) is 1.81. The first kappa shape index (κ1) is 20.0. The second-order valence-corrected chi connectivity index (χ2v) is 6.61. The number of carbonyl (C=O) groups excluding carboxylic acids is 2. The molecule has 1 rings (SSSR count). The Morgan fingerprint density at radius 2 is 1.75 bits per heavy atom. The van der Waals surface area contributed by atoms with Crippen LogP contribution in [0.5, 0.6) is 5.75 Å². The van der Waals surface area contributed by atoms with Crippen LogP contribution in [0, 0.1) is 0 Å². The number of carbonyl (C=O) groups is 2. The first-order valence-corrected chi connectivity index (χ1v) is 8.29. The van der Waals surface area contributed by atoms with Gasteiger partial charge < -0.3 is 19.3 Å². The Morgan fingerprint density at radius 3 is 2.33 bits per heavy atom. The van der Waals surface area contributed by atoms with Crippen molar-refractivity contribution in [3.05, 3.63) is 29.8 Å². The Hall–Kier alpha value is -2.08.